The van der Waals surface area contributed by atoms with Gasteiger partial charge in [0.05, 0.1) is 24.4 Å². The van der Waals surface area contributed by atoms with Crippen LogP contribution in [0.4, 0.5) is 0 Å². The number of likely N-dealkylation sites (tertiary alicyclic amines) is 1. The van der Waals surface area contributed by atoms with Gasteiger partial charge in [0.2, 0.25) is 17.6 Å². The van der Waals surface area contributed by atoms with Gasteiger partial charge in [0.1, 0.15) is 24.4 Å². The molecule has 2 amide bonds. The van der Waals surface area contributed by atoms with E-state index in [0.29, 0.717) is 48.6 Å². The van der Waals surface area contributed by atoms with Crippen molar-refractivity contribution in [3.05, 3.63) is 125 Å². The van der Waals surface area contributed by atoms with Gasteiger partial charge in [-0.15, -0.1) is 0 Å². The second kappa shape index (κ2) is 14.8. The topological polar surface area (TPSA) is 127 Å². The minimum absolute atomic E-state index is 0.0822. The summed E-state index contributed by atoms with van der Waals surface area (Å²) in [4.78, 5) is 43.0. The zero-order valence-corrected chi connectivity index (χ0v) is 29.0. The first-order valence-electron chi connectivity index (χ1n) is 18.4. The number of allylic oxidation sites excluding steroid dienone is 1. The van der Waals surface area contributed by atoms with Crippen molar-refractivity contribution in [2.75, 3.05) is 19.7 Å². The van der Waals surface area contributed by atoms with E-state index in [2.05, 4.69) is 11.4 Å². The first kappa shape index (κ1) is 34.5. The lowest BCUT2D eigenvalue weighted by Crippen LogP contribution is -2.49. The molecule has 3 aromatic rings. The summed E-state index contributed by atoms with van der Waals surface area (Å²) in [5.41, 5.74) is 3.11. The Bertz CT molecular complexity index is 1810. The van der Waals surface area contributed by atoms with E-state index in [1.165, 1.54) is 0 Å². The van der Waals surface area contributed by atoms with Gasteiger partial charge in [-0.2, -0.15) is 0 Å². The van der Waals surface area contributed by atoms with Crippen molar-refractivity contribution in [3.63, 3.8) is 0 Å². The Morgan fingerprint density at radius 3 is 2.37 bits per heavy atom. The molecule has 2 N–H and O–H groups in total. The number of epoxide rings is 1. The van der Waals surface area contributed by atoms with Gasteiger partial charge in [0.25, 0.3) is 0 Å². The van der Waals surface area contributed by atoms with Crippen molar-refractivity contribution in [2.45, 2.75) is 80.9 Å². The molecule has 8 rings (SSSR count). The van der Waals surface area contributed by atoms with Gasteiger partial charge in [-0.25, -0.2) is 4.79 Å². The smallest absolute Gasteiger partial charge is 0.339 e. The van der Waals surface area contributed by atoms with Gasteiger partial charge in [-0.1, -0.05) is 91.0 Å². The molecule has 0 spiro atoms. The Morgan fingerprint density at radius 1 is 0.904 bits per heavy atom. The number of benzene rings is 3. The van der Waals surface area contributed by atoms with Crippen LogP contribution in [-0.2, 0) is 34.3 Å². The molecule has 0 bridgehead atoms. The Kier molecular flexibility index (Phi) is 9.80. The van der Waals surface area contributed by atoms with E-state index in [1.807, 2.05) is 84.9 Å². The van der Waals surface area contributed by atoms with E-state index in [1.54, 1.807) is 17.0 Å². The van der Waals surface area contributed by atoms with E-state index in [0.717, 1.165) is 36.0 Å². The molecule has 7 unspecified atom stereocenters. The summed E-state index contributed by atoms with van der Waals surface area (Å²) in [6.45, 7) is 0.335. The molecule has 1 saturated carbocycles. The Labute approximate surface area is 303 Å². The van der Waals surface area contributed by atoms with Crippen molar-refractivity contribution >= 4 is 23.9 Å². The van der Waals surface area contributed by atoms with Crippen molar-refractivity contribution in [1.82, 2.24) is 10.2 Å². The fourth-order valence-corrected chi connectivity index (χ4v) is 8.22. The van der Waals surface area contributed by atoms with Gasteiger partial charge < -0.3 is 34.3 Å². The standard InChI is InChI=1S/C42H44N2O8/c45-23-21-43-39(46)33-16-9-22-44(33)40(47)29-25-36(50-41(48)32-15-8-7-10-28(32)19-17-27-18-20-34-35(24-27)49-34)38-37(26-29)51-42(52-38,30-11-3-1-4-12-30)31-13-5-2-6-14-31/h1-8,10-15,17,19,26-27,33-38,45H,9,16,18,20-25H2,(H,43,46). The summed E-state index contributed by atoms with van der Waals surface area (Å²) in [6, 6.07) is 26.0. The van der Waals surface area contributed by atoms with Crippen LogP contribution in [0.2, 0.25) is 0 Å². The third-order valence-electron chi connectivity index (χ3n) is 10.9. The Hall–Kier alpha value is -4.61. The molecule has 10 nitrogen and oxygen atoms in total. The van der Waals surface area contributed by atoms with E-state index in [4.69, 9.17) is 18.9 Å². The van der Waals surface area contributed by atoms with Gasteiger partial charge >= 0.3 is 5.97 Å². The monoisotopic (exact) mass is 704 g/mol. The molecule has 5 aliphatic rings. The molecule has 3 heterocycles. The number of hydrogen-bond acceptors (Lipinski definition) is 8. The van der Waals surface area contributed by atoms with Crippen molar-refractivity contribution < 1.29 is 38.4 Å². The number of nitrogens with zero attached hydrogens (tertiary/aromatic N) is 1. The Balaban J connectivity index is 1.11. The van der Waals surface area contributed by atoms with Crippen molar-refractivity contribution in [2.24, 2.45) is 5.92 Å². The van der Waals surface area contributed by atoms with Crippen LogP contribution in [0.3, 0.4) is 0 Å². The zero-order chi connectivity index (χ0) is 35.7. The first-order chi connectivity index (χ1) is 25.4. The second-order valence-electron chi connectivity index (χ2n) is 14.3. The van der Waals surface area contributed by atoms with Crippen LogP contribution >= 0.6 is 0 Å². The molecule has 10 heteroatoms. The summed E-state index contributed by atoms with van der Waals surface area (Å²) in [5.74, 6) is -2.07. The molecule has 4 fully saturated rings. The van der Waals surface area contributed by atoms with E-state index in [-0.39, 0.29) is 31.4 Å². The molecule has 2 aliphatic carbocycles. The highest BCUT2D eigenvalue weighted by atomic mass is 16.8. The van der Waals surface area contributed by atoms with Crippen LogP contribution < -0.4 is 5.32 Å². The predicted octanol–water partition coefficient (Wildman–Crippen LogP) is 4.91. The van der Waals surface area contributed by atoms with Gasteiger partial charge in [0.15, 0.2) is 0 Å². The number of esters is 1. The average Bonchev–Trinajstić information content (AvgIpc) is 3.58. The number of nitrogens with one attached hydrogen (secondary N) is 1. The number of ether oxygens (including phenoxy) is 4. The SMILES string of the molecule is O=C(OC1CC(C(=O)N2CCCC2C(=O)NCCO)=CC2OC(c3ccccc3)(c3ccccc3)OC21)c1ccccc1C=CC1CCC2OC2C1. The highest BCUT2D eigenvalue weighted by Gasteiger charge is 2.55. The number of rotatable bonds is 10. The number of aliphatic hydroxyl groups is 1. The number of amides is 2. The minimum Gasteiger partial charge on any atom is -0.456 e. The maximum atomic E-state index is 14.3. The summed E-state index contributed by atoms with van der Waals surface area (Å²) in [6.07, 6.45) is 8.75. The third-order valence-corrected chi connectivity index (χ3v) is 10.9. The largest absolute Gasteiger partial charge is 0.456 e. The molecule has 7 atom stereocenters. The number of fused-ring (bicyclic) bond motifs is 2. The van der Waals surface area contributed by atoms with Crippen LogP contribution in [0.25, 0.3) is 6.08 Å². The van der Waals surface area contributed by atoms with Crippen molar-refractivity contribution in [1.29, 1.82) is 0 Å². The highest BCUT2D eigenvalue weighted by Crippen LogP contribution is 2.47. The number of carbonyl (C=O) groups is 3. The summed E-state index contributed by atoms with van der Waals surface area (Å²) in [7, 11) is 0. The van der Waals surface area contributed by atoms with Gasteiger partial charge in [0, 0.05) is 36.2 Å². The maximum absolute atomic E-state index is 14.3. The van der Waals surface area contributed by atoms with E-state index in [9.17, 15) is 19.5 Å². The van der Waals surface area contributed by atoms with Gasteiger partial charge in [-0.3, -0.25) is 9.59 Å². The lowest BCUT2D eigenvalue weighted by molar-refractivity contribution is -0.157. The predicted molar refractivity (Wildman–Crippen MR) is 192 cm³/mol. The second-order valence-corrected chi connectivity index (χ2v) is 14.3. The van der Waals surface area contributed by atoms with Crippen LogP contribution in [-0.4, -0.2) is 84.0 Å². The molecular formula is C42H44N2O8. The molecule has 3 aromatic carbocycles. The molecule has 270 valence electrons. The lowest BCUT2D eigenvalue weighted by Gasteiger charge is -2.33. The number of aliphatic hydroxyl groups excluding tert-OH is 1. The molecular weight excluding hydrogens is 660 g/mol. The zero-order valence-electron chi connectivity index (χ0n) is 29.0. The molecule has 3 aliphatic heterocycles. The molecule has 52 heavy (non-hydrogen) atoms. The minimum atomic E-state index is -1.33. The van der Waals surface area contributed by atoms with E-state index >= 15 is 0 Å². The number of hydrogen-bond donors (Lipinski definition) is 2. The summed E-state index contributed by atoms with van der Waals surface area (Å²) >= 11 is 0. The van der Waals surface area contributed by atoms with Crippen LogP contribution in [0.1, 0.15) is 65.6 Å². The normalized spacial score (nSPS) is 28.8. The first-order valence-corrected chi connectivity index (χ1v) is 18.4. The number of carbonyl (C=O) groups excluding carboxylic acids is 3. The van der Waals surface area contributed by atoms with Crippen LogP contribution in [0.5, 0.6) is 0 Å². The molecule has 0 aromatic heterocycles. The average molecular weight is 705 g/mol. The maximum Gasteiger partial charge on any atom is 0.339 e. The fraction of sp³-hybridized carbons (Fsp3) is 0.405. The Morgan fingerprint density at radius 2 is 1.63 bits per heavy atom. The van der Waals surface area contributed by atoms with Crippen LogP contribution in [0, 0.1) is 5.92 Å². The quantitative estimate of drug-likeness (QED) is 0.225. The van der Waals surface area contributed by atoms with E-state index < -0.39 is 36.1 Å². The summed E-state index contributed by atoms with van der Waals surface area (Å²) in [5, 5.41) is 12.0. The van der Waals surface area contributed by atoms with Gasteiger partial charge in [-0.05, 0) is 55.7 Å². The van der Waals surface area contributed by atoms with Crippen molar-refractivity contribution in [3.8, 4) is 0 Å². The molecule has 3 saturated heterocycles. The van der Waals surface area contributed by atoms with Crippen LogP contribution in [0.15, 0.2) is 103 Å². The fourth-order valence-electron chi connectivity index (χ4n) is 8.22. The molecule has 0 radical (unpaired) electrons. The third kappa shape index (κ3) is 6.84. The lowest BCUT2D eigenvalue weighted by atomic mass is 9.88. The summed E-state index contributed by atoms with van der Waals surface area (Å²) < 4.78 is 25.9. The highest BCUT2D eigenvalue weighted by molar-refractivity contribution is 5.98.